The fourth-order valence-corrected chi connectivity index (χ4v) is 4.85. The molecule has 1 aromatic heterocycles. The van der Waals surface area contributed by atoms with Crippen LogP contribution in [0.5, 0.6) is 11.5 Å². The fraction of sp³-hybridized carbons (Fsp3) is 0.312. The van der Waals surface area contributed by atoms with Crippen LogP contribution in [0.3, 0.4) is 0 Å². The van der Waals surface area contributed by atoms with Gasteiger partial charge in [0.2, 0.25) is 0 Å². The highest BCUT2D eigenvalue weighted by atomic mass is 35.5. The molecule has 0 saturated heterocycles. The summed E-state index contributed by atoms with van der Waals surface area (Å²) < 4.78 is 5.67. The van der Waals surface area contributed by atoms with Gasteiger partial charge in [-0.3, -0.25) is 9.78 Å². The van der Waals surface area contributed by atoms with Crippen molar-refractivity contribution in [3.63, 3.8) is 0 Å². The van der Waals surface area contributed by atoms with E-state index in [-0.39, 0.29) is 18.3 Å². The van der Waals surface area contributed by atoms with Crippen LogP contribution in [0.2, 0.25) is 5.02 Å². The second-order valence-corrected chi connectivity index (χ2v) is 9.99. The number of nitrogens with zero attached hydrogens (tertiary/aromatic N) is 2. The van der Waals surface area contributed by atoms with Crippen LogP contribution in [0.15, 0.2) is 79.0 Å². The zero-order valence-electron chi connectivity index (χ0n) is 22.6. The maximum absolute atomic E-state index is 13.1. The number of amides is 1. The Balaban J connectivity index is 1.66. The van der Waals surface area contributed by atoms with Crippen molar-refractivity contribution in [2.75, 3.05) is 24.6 Å². The number of benzene rings is 3. The number of pyridine rings is 1. The first-order valence-corrected chi connectivity index (χ1v) is 14.0. The van der Waals surface area contributed by atoms with Crippen molar-refractivity contribution in [2.45, 2.75) is 45.6 Å². The summed E-state index contributed by atoms with van der Waals surface area (Å²) in [6, 6.07) is 22.0. The van der Waals surface area contributed by atoms with E-state index >= 15 is 0 Å². The average Bonchev–Trinajstić information content (AvgIpc) is 2.98. The van der Waals surface area contributed by atoms with Gasteiger partial charge in [0.15, 0.2) is 6.61 Å². The first-order valence-electron chi connectivity index (χ1n) is 13.6. The monoisotopic (exact) mass is 545 g/mol. The van der Waals surface area contributed by atoms with Crippen molar-refractivity contribution in [2.24, 2.45) is 0 Å². The number of rotatable bonds is 13. The Labute approximate surface area is 235 Å². The predicted octanol–water partition coefficient (Wildman–Crippen LogP) is 7.29. The zero-order valence-corrected chi connectivity index (χ0v) is 23.3. The number of aromatic nitrogens is 1. The van der Waals surface area contributed by atoms with E-state index in [0.29, 0.717) is 27.2 Å². The van der Waals surface area contributed by atoms with Crippen LogP contribution in [0, 0.1) is 0 Å². The van der Waals surface area contributed by atoms with Gasteiger partial charge in [0.05, 0.1) is 11.1 Å². The van der Waals surface area contributed by atoms with E-state index in [9.17, 15) is 9.90 Å². The summed E-state index contributed by atoms with van der Waals surface area (Å²) in [6.45, 7) is 6.23. The van der Waals surface area contributed by atoms with E-state index < -0.39 is 6.04 Å². The van der Waals surface area contributed by atoms with Gasteiger partial charge in [0.1, 0.15) is 17.0 Å². The van der Waals surface area contributed by atoms with Crippen molar-refractivity contribution < 1.29 is 14.6 Å². The Morgan fingerprint density at radius 2 is 1.69 bits per heavy atom. The molecule has 1 heterocycles. The minimum Gasteiger partial charge on any atom is -0.505 e. The number of anilines is 1. The third-order valence-corrected chi connectivity index (χ3v) is 7.04. The molecule has 4 rings (SSSR count). The van der Waals surface area contributed by atoms with Gasteiger partial charge in [-0.1, -0.05) is 68.6 Å². The number of unbranched alkanes of at least 4 members (excludes halogenated alkanes) is 2. The Bertz CT molecular complexity index is 1350. The second kappa shape index (κ2) is 13.9. The van der Waals surface area contributed by atoms with Crippen molar-refractivity contribution in [3.8, 4) is 11.5 Å². The molecule has 0 bridgehead atoms. The molecule has 1 amide bonds. The van der Waals surface area contributed by atoms with Crippen LogP contribution in [-0.2, 0) is 4.79 Å². The molecule has 204 valence electrons. The summed E-state index contributed by atoms with van der Waals surface area (Å²) in [7, 11) is 0. The number of carbonyl (C=O) groups excluding carboxylic acids is 1. The SMILES string of the molecule is CCCCN(CCCC)c1ccc(C(NC(=O)COc2ccccc2)c2cc(Cl)c3cccnc3c2O)cc1. The van der Waals surface area contributed by atoms with Crippen LogP contribution in [-0.4, -0.2) is 35.7 Å². The quantitative estimate of drug-likeness (QED) is 0.184. The van der Waals surface area contributed by atoms with Crippen LogP contribution < -0.4 is 15.0 Å². The van der Waals surface area contributed by atoms with Crippen molar-refractivity contribution >= 4 is 34.1 Å². The fourth-order valence-electron chi connectivity index (χ4n) is 4.58. The number of carbonyl (C=O) groups is 1. The minimum atomic E-state index is -0.658. The van der Waals surface area contributed by atoms with Crippen molar-refractivity contribution in [1.29, 1.82) is 0 Å². The molecule has 0 fully saturated rings. The van der Waals surface area contributed by atoms with Crippen LogP contribution in [0.25, 0.3) is 10.9 Å². The predicted molar refractivity (Wildman–Crippen MR) is 159 cm³/mol. The van der Waals surface area contributed by atoms with Crippen molar-refractivity contribution in [1.82, 2.24) is 10.3 Å². The maximum Gasteiger partial charge on any atom is 0.258 e. The largest absolute Gasteiger partial charge is 0.505 e. The van der Waals surface area contributed by atoms with Gasteiger partial charge in [-0.15, -0.1) is 0 Å². The molecule has 3 aromatic carbocycles. The highest BCUT2D eigenvalue weighted by molar-refractivity contribution is 6.35. The Morgan fingerprint density at radius 3 is 2.36 bits per heavy atom. The lowest BCUT2D eigenvalue weighted by Crippen LogP contribution is -2.33. The molecule has 0 aliphatic rings. The number of fused-ring (bicyclic) bond motifs is 1. The van der Waals surface area contributed by atoms with Gasteiger partial charge < -0.3 is 20.1 Å². The number of para-hydroxylation sites is 1. The average molecular weight is 546 g/mol. The van der Waals surface area contributed by atoms with E-state index in [1.165, 1.54) is 0 Å². The highest BCUT2D eigenvalue weighted by Gasteiger charge is 2.24. The molecule has 39 heavy (non-hydrogen) atoms. The van der Waals surface area contributed by atoms with E-state index in [4.69, 9.17) is 16.3 Å². The molecule has 7 heteroatoms. The van der Waals surface area contributed by atoms with Gasteiger partial charge >= 0.3 is 0 Å². The Morgan fingerprint density at radius 1 is 1.00 bits per heavy atom. The third-order valence-electron chi connectivity index (χ3n) is 6.73. The number of phenolic OH excluding ortho intramolecular Hbond substituents is 1. The first-order chi connectivity index (χ1) is 19.0. The van der Waals surface area contributed by atoms with Crippen LogP contribution in [0.1, 0.15) is 56.7 Å². The summed E-state index contributed by atoms with van der Waals surface area (Å²) >= 11 is 6.61. The number of ether oxygens (including phenoxy) is 1. The molecular formula is C32H36ClN3O3. The maximum atomic E-state index is 13.1. The van der Waals surface area contributed by atoms with Gasteiger partial charge in [-0.05, 0) is 60.9 Å². The zero-order chi connectivity index (χ0) is 27.6. The van der Waals surface area contributed by atoms with Gasteiger partial charge in [-0.2, -0.15) is 0 Å². The standard InChI is InChI=1S/C32H36ClN3O3/c1-3-5-19-36(20-6-4-2)24-16-14-23(15-17-24)30(35-29(37)22-39-25-11-8-7-9-12-25)27-21-28(33)26-13-10-18-34-31(26)32(27)38/h7-18,21,30,38H,3-6,19-20,22H2,1-2H3,(H,35,37). The lowest BCUT2D eigenvalue weighted by Gasteiger charge is -2.26. The molecule has 4 aromatic rings. The second-order valence-electron chi connectivity index (χ2n) is 9.58. The molecule has 2 N–H and O–H groups in total. The van der Waals surface area contributed by atoms with E-state index in [1.807, 2.05) is 36.4 Å². The number of aromatic hydroxyl groups is 1. The van der Waals surface area contributed by atoms with Crippen LogP contribution in [0.4, 0.5) is 5.69 Å². The minimum absolute atomic E-state index is 0.0131. The Kier molecular flexibility index (Phi) is 10.0. The Hall–Kier alpha value is -3.77. The van der Waals surface area contributed by atoms with Gasteiger partial charge in [0.25, 0.3) is 5.91 Å². The molecule has 0 saturated carbocycles. The van der Waals surface area contributed by atoms with Gasteiger partial charge in [-0.25, -0.2) is 0 Å². The number of hydrogen-bond donors (Lipinski definition) is 2. The van der Waals surface area contributed by atoms with E-state index in [0.717, 1.165) is 50.0 Å². The lowest BCUT2D eigenvalue weighted by atomic mass is 9.95. The van der Waals surface area contributed by atoms with E-state index in [1.54, 1.807) is 30.5 Å². The normalized spacial score (nSPS) is 11.8. The summed E-state index contributed by atoms with van der Waals surface area (Å²) in [6.07, 6.45) is 6.13. The van der Waals surface area contributed by atoms with Gasteiger partial charge in [0, 0.05) is 35.9 Å². The highest BCUT2D eigenvalue weighted by Crippen LogP contribution is 2.38. The number of hydrogen-bond acceptors (Lipinski definition) is 5. The topological polar surface area (TPSA) is 74.7 Å². The van der Waals surface area contributed by atoms with E-state index in [2.05, 4.69) is 41.2 Å². The first kappa shape index (κ1) is 28.2. The van der Waals surface area contributed by atoms with Crippen molar-refractivity contribution in [3.05, 3.63) is 95.1 Å². The number of phenols is 1. The molecule has 1 unspecified atom stereocenters. The number of halogens is 1. The molecule has 0 aliphatic heterocycles. The summed E-state index contributed by atoms with van der Waals surface area (Å²) in [5.74, 6) is 0.270. The molecule has 1 atom stereocenters. The summed E-state index contributed by atoms with van der Waals surface area (Å²) in [4.78, 5) is 19.8. The third kappa shape index (κ3) is 7.21. The molecule has 6 nitrogen and oxygen atoms in total. The molecule has 0 spiro atoms. The molecular weight excluding hydrogens is 510 g/mol. The van der Waals surface area contributed by atoms with Crippen LogP contribution >= 0.6 is 11.6 Å². The lowest BCUT2D eigenvalue weighted by molar-refractivity contribution is -0.123. The summed E-state index contributed by atoms with van der Waals surface area (Å²) in [5.41, 5.74) is 2.82. The number of nitrogens with one attached hydrogen (secondary N) is 1. The summed E-state index contributed by atoms with van der Waals surface area (Å²) in [5, 5.41) is 15.4. The smallest absolute Gasteiger partial charge is 0.258 e. The molecule has 0 aliphatic carbocycles. The molecule has 0 radical (unpaired) electrons.